The van der Waals surface area contributed by atoms with Crippen molar-refractivity contribution in [1.82, 2.24) is 40.2 Å². The number of carbonyl (C=O) groups excluding carboxylic acids is 2. The Kier molecular flexibility index (Phi) is 5.87. The molecule has 3 N–H and O–H groups in total. The number of carbonyl (C=O) groups is 2. The maximum absolute atomic E-state index is 12.9. The molecule has 4 aromatic heterocycles. The molecule has 0 spiro atoms. The Labute approximate surface area is 203 Å². The van der Waals surface area contributed by atoms with Crippen molar-refractivity contribution in [3.8, 4) is 0 Å². The molecule has 0 aliphatic carbocycles. The van der Waals surface area contributed by atoms with Crippen LogP contribution in [0.1, 0.15) is 38.1 Å². The summed E-state index contributed by atoms with van der Waals surface area (Å²) in [5, 5.41) is 9.16. The topological polar surface area (TPSA) is 160 Å². The lowest BCUT2D eigenvalue weighted by Crippen LogP contribution is -2.29. The van der Waals surface area contributed by atoms with Gasteiger partial charge >= 0.3 is 11.9 Å². The van der Waals surface area contributed by atoms with Gasteiger partial charge in [-0.25, -0.2) is 24.3 Å². The lowest BCUT2D eigenvalue weighted by Gasteiger charge is -2.10. The highest BCUT2D eigenvalue weighted by atomic mass is 19.4. The van der Waals surface area contributed by atoms with E-state index in [9.17, 15) is 27.6 Å². The smallest absolute Gasteiger partial charge is 0.408 e. The van der Waals surface area contributed by atoms with Crippen LogP contribution in [-0.2, 0) is 19.3 Å². The Morgan fingerprint density at radius 2 is 1.81 bits per heavy atom. The van der Waals surface area contributed by atoms with Gasteiger partial charge in [-0.05, 0) is 23.8 Å². The summed E-state index contributed by atoms with van der Waals surface area (Å²) in [4.78, 5) is 50.3. The molecule has 12 nitrogen and oxygen atoms in total. The number of hydrogen-bond donors (Lipinski definition) is 3. The van der Waals surface area contributed by atoms with Crippen molar-refractivity contribution < 1.29 is 27.2 Å². The van der Waals surface area contributed by atoms with E-state index in [1.165, 1.54) is 28.9 Å². The molecule has 0 atom stereocenters. The summed E-state index contributed by atoms with van der Waals surface area (Å²) >= 11 is 0. The van der Waals surface area contributed by atoms with Crippen molar-refractivity contribution >= 4 is 28.6 Å². The van der Waals surface area contributed by atoms with Crippen LogP contribution >= 0.6 is 0 Å². The average molecular weight is 512 g/mol. The minimum atomic E-state index is -4.73. The fraction of sp³-hybridized carbons (Fsp3) is 0.136. The van der Waals surface area contributed by atoms with Gasteiger partial charge in [0, 0.05) is 24.9 Å². The second kappa shape index (κ2) is 9.18. The Bertz CT molecular complexity index is 1710. The zero-order valence-corrected chi connectivity index (χ0v) is 18.5. The Morgan fingerprint density at radius 3 is 2.62 bits per heavy atom. The first-order valence-corrected chi connectivity index (χ1v) is 10.6. The number of benzene rings is 1. The summed E-state index contributed by atoms with van der Waals surface area (Å²) in [5.41, 5.74) is 1.51. The molecular formula is C22H15F3N8O4. The summed E-state index contributed by atoms with van der Waals surface area (Å²) in [6.45, 7) is -0.236. The molecule has 5 rings (SSSR count). The SMILES string of the molecule is O=C(NCc1ccc2oc(=O)[nH]c2c1)c1cc(C(=O)NCc2ccnc(C(F)(F)F)n2)n2nccc2n1. The number of halogens is 3. The Balaban J connectivity index is 1.32. The van der Waals surface area contributed by atoms with Gasteiger partial charge in [-0.3, -0.25) is 14.6 Å². The largest absolute Gasteiger partial charge is 0.451 e. The minimum Gasteiger partial charge on any atom is -0.408 e. The van der Waals surface area contributed by atoms with Crippen molar-refractivity contribution in [2.75, 3.05) is 0 Å². The van der Waals surface area contributed by atoms with E-state index in [0.717, 1.165) is 6.20 Å². The zero-order valence-electron chi connectivity index (χ0n) is 18.5. The zero-order chi connectivity index (χ0) is 26.2. The molecule has 1 aromatic carbocycles. The first-order valence-electron chi connectivity index (χ1n) is 10.6. The lowest BCUT2D eigenvalue weighted by atomic mass is 10.2. The summed E-state index contributed by atoms with van der Waals surface area (Å²) in [5.74, 6) is -3.23. The van der Waals surface area contributed by atoms with Crippen LogP contribution in [0.2, 0.25) is 0 Å². The van der Waals surface area contributed by atoms with E-state index in [2.05, 4.69) is 35.7 Å². The molecular weight excluding hydrogens is 497 g/mol. The minimum absolute atomic E-state index is 0.0599. The molecule has 188 valence electrons. The molecule has 0 saturated carbocycles. The number of nitrogens with one attached hydrogen (secondary N) is 3. The summed E-state index contributed by atoms with van der Waals surface area (Å²) < 4.78 is 44.7. The lowest BCUT2D eigenvalue weighted by molar-refractivity contribution is -0.145. The van der Waals surface area contributed by atoms with E-state index in [1.54, 1.807) is 18.2 Å². The molecule has 0 aliphatic heterocycles. The molecule has 37 heavy (non-hydrogen) atoms. The van der Waals surface area contributed by atoms with Gasteiger partial charge in [0.25, 0.3) is 11.8 Å². The number of alkyl halides is 3. The van der Waals surface area contributed by atoms with E-state index in [4.69, 9.17) is 4.42 Å². The third-order valence-corrected chi connectivity index (χ3v) is 5.16. The molecule has 0 radical (unpaired) electrons. The maximum atomic E-state index is 12.9. The standard InChI is InChI=1S/C22H15F3N8O4/c23-22(24,25)20-26-5-3-12(30-20)10-28-19(35)15-8-14(31-17-4-6-29-33(15)17)18(34)27-9-11-1-2-16-13(7-11)32-21(36)37-16/h1-8H,9-10H2,(H,27,34)(H,28,35)(H,32,36). The maximum Gasteiger partial charge on any atom is 0.451 e. The molecule has 15 heteroatoms. The molecule has 0 bridgehead atoms. The van der Waals surface area contributed by atoms with Crippen LogP contribution in [0.25, 0.3) is 16.7 Å². The van der Waals surface area contributed by atoms with E-state index in [0.29, 0.717) is 16.7 Å². The molecule has 5 aromatic rings. The quantitative estimate of drug-likeness (QED) is 0.311. The van der Waals surface area contributed by atoms with Crippen molar-refractivity contribution in [2.45, 2.75) is 19.3 Å². The Hall–Kier alpha value is -5.08. The van der Waals surface area contributed by atoms with Crippen LogP contribution in [0, 0.1) is 0 Å². The number of aromatic amines is 1. The number of oxazole rings is 1. The number of H-pyrrole nitrogens is 1. The predicted octanol–water partition coefficient (Wildman–Crippen LogP) is 1.83. The fourth-order valence-corrected chi connectivity index (χ4v) is 3.47. The second-order valence-electron chi connectivity index (χ2n) is 7.71. The van der Waals surface area contributed by atoms with Crippen LogP contribution in [0.3, 0.4) is 0 Å². The summed E-state index contributed by atoms with van der Waals surface area (Å²) in [6, 6.07) is 8.83. The van der Waals surface area contributed by atoms with Gasteiger partial charge in [-0.1, -0.05) is 6.07 Å². The van der Waals surface area contributed by atoms with Crippen LogP contribution in [0.15, 0.2) is 58.0 Å². The molecule has 0 fully saturated rings. The predicted molar refractivity (Wildman–Crippen MR) is 119 cm³/mol. The average Bonchev–Trinajstić information content (AvgIpc) is 3.50. The van der Waals surface area contributed by atoms with Crippen molar-refractivity contribution in [1.29, 1.82) is 0 Å². The van der Waals surface area contributed by atoms with Crippen LogP contribution in [-0.4, -0.2) is 41.4 Å². The van der Waals surface area contributed by atoms with Crippen molar-refractivity contribution in [3.05, 3.63) is 87.8 Å². The number of aromatic nitrogens is 6. The fourth-order valence-electron chi connectivity index (χ4n) is 3.47. The van der Waals surface area contributed by atoms with Crippen LogP contribution < -0.4 is 16.4 Å². The molecule has 2 amide bonds. The van der Waals surface area contributed by atoms with Gasteiger partial charge < -0.3 is 15.1 Å². The van der Waals surface area contributed by atoms with Gasteiger partial charge in [0.05, 0.1) is 24.0 Å². The van der Waals surface area contributed by atoms with Gasteiger partial charge in [0.1, 0.15) is 11.4 Å². The molecule has 0 unspecified atom stereocenters. The van der Waals surface area contributed by atoms with E-state index >= 15 is 0 Å². The highest BCUT2D eigenvalue weighted by Crippen LogP contribution is 2.25. The first kappa shape index (κ1) is 23.7. The third-order valence-electron chi connectivity index (χ3n) is 5.16. The van der Waals surface area contributed by atoms with E-state index < -0.39 is 29.6 Å². The number of amides is 2. The van der Waals surface area contributed by atoms with Gasteiger partial charge in [-0.15, -0.1) is 0 Å². The third kappa shape index (κ3) is 5.00. The number of rotatable bonds is 6. The second-order valence-corrected chi connectivity index (χ2v) is 7.71. The molecule has 4 heterocycles. The van der Waals surface area contributed by atoms with E-state index in [-0.39, 0.29) is 35.8 Å². The van der Waals surface area contributed by atoms with Crippen molar-refractivity contribution in [3.63, 3.8) is 0 Å². The van der Waals surface area contributed by atoms with Gasteiger partial charge in [0.2, 0.25) is 5.82 Å². The van der Waals surface area contributed by atoms with Crippen LogP contribution in [0.4, 0.5) is 13.2 Å². The first-order chi connectivity index (χ1) is 17.7. The molecule has 0 saturated heterocycles. The monoisotopic (exact) mass is 512 g/mol. The Morgan fingerprint density at radius 1 is 1.00 bits per heavy atom. The summed E-state index contributed by atoms with van der Waals surface area (Å²) in [6.07, 6.45) is -2.41. The van der Waals surface area contributed by atoms with Crippen molar-refractivity contribution in [2.24, 2.45) is 0 Å². The van der Waals surface area contributed by atoms with Gasteiger partial charge in [-0.2, -0.15) is 18.3 Å². The highest BCUT2D eigenvalue weighted by molar-refractivity contribution is 5.98. The van der Waals surface area contributed by atoms with Gasteiger partial charge in [0.15, 0.2) is 11.2 Å². The number of fused-ring (bicyclic) bond motifs is 2. The number of hydrogen-bond acceptors (Lipinski definition) is 8. The number of nitrogens with zero attached hydrogens (tertiary/aromatic N) is 5. The van der Waals surface area contributed by atoms with E-state index in [1.807, 2.05) is 0 Å². The van der Waals surface area contributed by atoms with Crippen LogP contribution in [0.5, 0.6) is 0 Å². The summed E-state index contributed by atoms with van der Waals surface area (Å²) in [7, 11) is 0. The normalized spacial score (nSPS) is 11.6. The molecule has 0 aliphatic rings. The highest BCUT2D eigenvalue weighted by Gasteiger charge is 2.34.